The molecule has 128 valence electrons. The molecule has 1 atom stereocenters. The van der Waals surface area contributed by atoms with Gasteiger partial charge < -0.3 is 18.8 Å². The molecule has 24 heavy (non-hydrogen) atoms. The second-order valence-electron chi connectivity index (χ2n) is 6.20. The Bertz CT molecular complexity index is 694. The molecule has 1 saturated heterocycles. The fourth-order valence-corrected chi connectivity index (χ4v) is 3.14. The fourth-order valence-electron chi connectivity index (χ4n) is 3.14. The summed E-state index contributed by atoms with van der Waals surface area (Å²) in [5.41, 5.74) is 1.50. The number of esters is 1. The van der Waals surface area contributed by atoms with Gasteiger partial charge in [0.1, 0.15) is 17.9 Å². The molecular weight excluding hydrogens is 306 g/mol. The summed E-state index contributed by atoms with van der Waals surface area (Å²) in [5, 5.41) is 0. The standard InChI is InChI=1S/C19H23NO4/c1-14-6-5-10-20(12-14)16-7-3-4-8-17(16)24-13-18-15(9-11-23-18)19(21)22-2/h3-4,7-9,11,14H,5-6,10,12-13H2,1-2H3. The molecule has 1 aliphatic rings. The first kappa shape index (κ1) is 16.4. The highest BCUT2D eigenvalue weighted by molar-refractivity contribution is 5.90. The lowest BCUT2D eigenvalue weighted by Crippen LogP contribution is -2.34. The summed E-state index contributed by atoms with van der Waals surface area (Å²) in [6.45, 7) is 4.55. The van der Waals surface area contributed by atoms with Crippen LogP contribution in [0.3, 0.4) is 0 Å². The topological polar surface area (TPSA) is 51.9 Å². The van der Waals surface area contributed by atoms with Gasteiger partial charge in [0, 0.05) is 13.1 Å². The third kappa shape index (κ3) is 3.55. The molecule has 1 aromatic heterocycles. The molecular formula is C19H23NO4. The number of methoxy groups -OCH3 is 1. The van der Waals surface area contributed by atoms with Crippen LogP contribution in [0, 0.1) is 5.92 Å². The van der Waals surface area contributed by atoms with Gasteiger partial charge in [-0.25, -0.2) is 4.79 Å². The number of rotatable bonds is 5. The number of furan rings is 1. The van der Waals surface area contributed by atoms with E-state index >= 15 is 0 Å². The Morgan fingerprint density at radius 1 is 1.33 bits per heavy atom. The molecule has 0 radical (unpaired) electrons. The van der Waals surface area contributed by atoms with E-state index in [0.717, 1.165) is 24.5 Å². The molecule has 0 aliphatic carbocycles. The number of ether oxygens (including phenoxy) is 2. The second-order valence-corrected chi connectivity index (χ2v) is 6.20. The predicted molar refractivity (Wildman–Crippen MR) is 91.4 cm³/mol. The first-order valence-corrected chi connectivity index (χ1v) is 8.30. The molecule has 0 N–H and O–H groups in total. The zero-order valence-electron chi connectivity index (χ0n) is 14.2. The van der Waals surface area contributed by atoms with Crippen molar-refractivity contribution in [2.24, 2.45) is 5.92 Å². The molecule has 1 aliphatic heterocycles. The van der Waals surface area contributed by atoms with Gasteiger partial charge in [0.15, 0.2) is 5.76 Å². The van der Waals surface area contributed by atoms with E-state index in [-0.39, 0.29) is 6.61 Å². The van der Waals surface area contributed by atoms with Crippen molar-refractivity contribution in [2.75, 3.05) is 25.1 Å². The summed E-state index contributed by atoms with van der Waals surface area (Å²) in [6.07, 6.45) is 3.94. The highest BCUT2D eigenvalue weighted by atomic mass is 16.5. The lowest BCUT2D eigenvalue weighted by molar-refractivity contribution is 0.0595. The van der Waals surface area contributed by atoms with Crippen molar-refractivity contribution in [2.45, 2.75) is 26.4 Å². The molecule has 1 unspecified atom stereocenters. The molecule has 0 bridgehead atoms. The Morgan fingerprint density at radius 3 is 2.96 bits per heavy atom. The number of hydrogen-bond donors (Lipinski definition) is 0. The normalized spacial score (nSPS) is 17.6. The summed E-state index contributed by atoms with van der Waals surface area (Å²) in [7, 11) is 1.35. The van der Waals surface area contributed by atoms with Crippen molar-refractivity contribution in [1.29, 1.82) is 0 Å². The minimum Gasteiger partial charge on any atom is -0.483 e. The van der Waals surface area contributed by atoms with Crippen molar-refractivity contribution >= 4 is 11.7 Å². The van der Waals surface area contributed by atoms with Gasteiger partial charge in [-0.3, -0.25) is 0 Å². The minimum absolute atomic E-state index is 0.192. The van der Waals surface area contributed by atoms with Crippen LogP contribution >= 0.6 is 0 Å². The maximum Gasteiger partial charge on any atom is 0.341 e. The number of hydrogen-bond acceptors (Lipinski definition) is 5. The van der Waals surface area contributed by atoms with Gasteiger partial charge in [-0.05, 0) is 37.0 Å². The maximum absolute atomic E-state index is 11.7. The van der Waals surface area contributed by atoms with E-state index in [2.05, 4.69) is 17.9 Å². The summed E-state index contributed by atoms with van der Waals surface area (Å²) >= 11 is 0. The quantitative estimate of drug-likeness (QED) is 0.779. The number of nitrogens with zero attached hydrogens (tertiary/aromatic N) is 1. The first-order chi connectivity index (χ1) is 11.7. The molecule has 1 aromatic carbocycles. The fraction of sp³-hybridized carbons (Fsp3) is 0.421. The number of piperidine rings is 1. The molecule has 2 heterocycles. The van der Waals surface area contributed by atoms with E-state index in [1.165, 1.54) is 26.2 Å². The number of para-hydroxylation sites is 2. The maximum atomic E-state index is 11.7. The Morgan fingerprint density at radius 2 is 2.17 bits per heavy atom. The molecule has 0 saturated carbocycles. The SMILES string of the molecule is COC(=O)c1ccoc1COc1ccccc1N1CCCC(C)C1. The van der Waals surface area contributed by atoms with Crippen molar-refractivity contribution < 1.29 is 18.7 Å². The number of carbonyl (C=O) groups is 1. The third-order valence-corrected chi connectivity index (χ3v) is 4.37. The van der Waals surface area contributed by atoms with Crippen molar-refractivity contribution in [3.63, 3.8) is 0 Å². The number of carbonyl (C=O) groups excluding carboxylic acids is 1. The Kier molecular flexibility index (Phi) is 5.08. The van der Waals surface area contributed by atoms with Gasteiger partial charge in [-0.15, -0.1) is 0 Å². The predicted octanol–water partition coefficient (Wildman–Crippen LogP) is 3.88. The molecule has 0 amide bonds. The highest BCUT2D eigenvalue weighted by Crippen LogP contribution is 2.32. The van der Waals surface area contributed by atoms with E-state index in [0.29, 0.717) is 17.2 Å². The van der Waals surface area contributed by atoms with Crippen LogP contribution in [0.25, 0.3) is 0 Å². The Labute approximate surface area is 142 Å². The zero-order valence-corrected chi connectivity index (χ0v) is 14.2. The average molecular weight is 329 g/mol. The van der Waals surface area contributed by atoms with Crippen LogP contribution in [0.15, 0.2) is 41.0 Å². The summed E-state index contributed by atoms with van der Waals surface area (Å²) in [5.74, 6) is 1.55. The molecule has 5 nitrogen and oxygen atoms in total. The number of anilines is 1. The number of benzene rings is 1. The lowest BCUT2D eigenvalue weighted by Gasteiger charge is -2.33. The van der Waals surface area contributed by atoms with E-state index in [1.54, 1.807) is 6.07 Å². The smallest absolute Gasteiger partial charge is 0.341 e. The van der Waals surface area contributed by atoms with Gasteiger partial charge in [0.25, 0.3) is 0 Å². The largest absolute Gasteiger partial charge is 0.483 e. The zero-order chi connectivity index (χ0) is 16.9. The monoisotopic (exact) mass is 329 g/mol. The third-order valence-electron chi connectivity index (χ3n) is 4.37. The van der Waals surface area contributed by atoms with Crippen LogP contribution in [0.4, 0.5) is 5.69 Å². The van der Waals surface area contributed by atoms with Crippen LogP contribution in [0.1, 0.15) is 35.9 Å². The van der Waals surface area contributed by atoms with Gasteiger partial charge in [0.2, 0.25) is 0 Å². The Hall–Kier alpha value is -2.43. The summed E-state index contributed by atoms with van der Waals surface area (Å²) in [6, 6.07) is 9.61. The van der Waals surface area contributed by atoms with E-state index in [4.69, 9.17) is 13.9 Å². The molecule has 3 rings (SSSR count). The molecule has 2 aromatic rings. The van der Waals surface area contributed by atoms with Crippen molar-refractivity contribution in [3.8, 4) is 5.75 Å². The highest BCUT2D eigenvalue weighted by Gasteiger charge is 2.20. The van der Waals surface area contributed by atoms with E-state index in [9.17, 15) is 4.79 Å². The van der Waals surface area contributed by atoms with Crippen LogP contribution < -0.4 is 9.64 Å². The van der Waals surface area contributed by atoms with E-state index in [1.807, 2.05) is 18.2 Å². The van der Waals surface area contributed by atoms with Crippen LogP contribution in [0.5, 0.6) is 5.75 Å². The minimum atomic E-state index is -0.416. The Balaban J connectivity index is 1.74. The molecule has 0 spiro atoms. The van der Waals surface area contributed by atoms with Gasteiger partial charge in [-0.2, -0.15) is 0 Å². The first-order valence-electron chi connectivity index (χ1n) is 8.30. The lowest BCUT2D eigenvalue weighted by atomic mass is 9.99. The van der Waals surface area contributed by atoms with Crippen molar-refractivity contribution in [3.05, 3.63) is 47.9 Å². The van der Waals surface area contributed by atoms with E-state index < -0.39 is 5.97 Å². The van der Waals surface area contributed by atoms with Gasteiger partial charge in [-0.1, -0.05) is 19.1 Å². The second kappa shape index (κ2) is 7.43. The molecule has 5 heteroatoms. The summed E-state index contributed by atoms with van der Waals surface area (Å²) in [4.78, 5) is 14.1. The van der Waals surface area contributed by atoms with Crippen molar-refractivity contribution in [1.82, 2.24) is 0 Å². The van der Waals surface area contributed by atoms with Gasteiger partial charge >= 0.3 is 5.97 Å². The van der Waals surface area contributed by atoms with Crippen LogP contribution in [0.2, 0.25) is 0 Å². The van der Waals surface area contributed by atoms with Crippen LogP contribution in [-0.4, -0.2) is 26.2 Å². The molecule has 1 fully saturated rings. The average Bonchev–Trinajstić information content (AvgIpc) is 3.08. The van der Waals surface area contributed by atoms with Crippen LogP contribution in [-0.2, 0) is 11.3 Å². The van der Waals surface area contributed by atoms with Gasteiger partial charge in [0.05, 0.1) is 19.1 Å². The summed E-state index contributed by atoms with van der Waals surface area (Å²) < 4.78 is 16.1.